The summed E-state index contributed by atoms with van der Waals surface area (Å²) in [5.74, 6) is 2.44. The van der Waals surface area contributed by atoms with Gasteiger partial charge < -0.3 is 0 Å². The molecule has 0 aromatic carbocycles. The van der Waals surface area contributed by atoms with E-state index in [1.54, 1.807) is 12.3 Å². The molecule has 0 spiro atoms. The number of carbonyl (C=O) groups excluding carboxylic acids is 1. The van der Waals surface area contributed by atoms with E-state index < -0.39 is 5.91 Å². The number of carbonyl (C=O) groups is 1. The Hall–Kier alpha value is -2.16. The standard InChI is InChI=1S/C17H16Cl2N4O/c1-5-8-23(14-7-6-11(10-20-14)17(2,3)4)16(24)12-9-13(18)21-22-15(12)19/h1,6-7,9-10H,8H2,2-4H3. The minimum Gasteiger partial charge on any atom is -0.281 e. The smallest absolute Gasteiger partial charge is 0.263 e. The Labute approximate surface area is 151 Å². The molecule has 0 bridgehead atoms. The summed E-state index contributed by atoms with van der Waals surface area (Å²) in [5, 5.41) is 7.27. The molecule has 0 N–H and O–H groups in total. The second-order valence-electron chi connectivity index (χ2n) is 6.12. The monoisotopic (exact) mass is 362 g/mol. The van der Waals surface area contributed by atoms with Crippen molar-refractivity contribution in [2.24, 2.45) is 0 Å². The normalized spacial score (nSPS) is 11.0. The zero-order valence-electron chi connectivity index (χ0n) is 13.5. The van der Waals surface area contributed by atoms with Crippen molar-refractivity contribution >= 4 is 34.9 Å². The van der Waals surface area contributed by atoms with Gasteiger partial charge in [0, 0.05) is 6.20 Å². The first-order valence-electron chi connectivity index (χ1n) is 7.14. The fourth-order valence-electron chi connectivity index (χ4n) is 1.99. The van der Waals surface area contributed by atoms with Gasteiger partial charge in [0.2, 0.25) is 0 Å². The van der Waals surface area contributed by atoms with E-state index in [1.165, 1.54) is 11.0 Å². The lowest BCUT2D eigenvalue weighted by atomic mass is 9.88. The van der Waals surface area contributed by atoms with Crippen molar-refractivity contribution in [1.82, 2.24) is 15.2 Å². The number of hydrogen-bond acceptors (Lipinski definition) is 4. The van der Waals surface area contributed by atoms with E-state index in [9.17, 15) is 4.79 Å². The van der Waals surface area contributed by atoms with Gasteiger partial charge in [-0.25, -0.2) is 4.98 Å². The maximum atomic E-state index is 12.8. The van der Waals surface area contributed by atoms with Gasteiger partial charge in [-0.05, 0) is 23.1 Å². The van der Waals surface area contributed by atoms with E-state index in [0.29, 0.717) is 5.82 Å². The van der Waals surface area contributed by atoms with Crippen LogP contribution in [0.4, 0.5) is 5.82 Å². The van der Waals surface area contributed by atoms with Crippen molar-refractivity contribution in [1.29, 1.82) is 0 Å². The highest BCUT2D eigenvalue weighted by atomic mass is 35.5. The average molecular weight is 363 g/mol. The predicted octanol–water partition coefficient (Wildman–Crippen LogP) is 3.76. The van der Waals surface area contributed by atoms with Gasteiger partial charge in [-0.3, -0.25) is 9.69 Å². The lowest BCUT2D eigenvalue weighted by Gasteiger charge is -2.22. The van der Waals surface area contributed by atoms with Gasteiger partial charge in [-0.1, -0.05) is 56.0 Å². The molecular weight excluding hydrogens is 347 g/mol. The van der Waals surface area contributed by atoms with Gasteiger partial charge in [-0.2, -0.15) is 0 Å². The van der Waals surface area contributed by atoms with Gasteiger partial charge in [0.15, 0.2) is 10.3 Å². The fraction of sp³-hybridized carbons (Fsp3) is 0.294. The highest BCUT2D eigenvalue weighted by Crippen LogP contribution is 2.25. The summed E-state index contributed by atoms with van der Waals surface area (Å²) < 4.78 is 0. The van der Waals surface area contributed by atoms with E-state index in [1.807, 2.05) is 6.07 Å². The molecular formula is C17H16Cl2N4O. The molecule has 124 valence electrons. The van der Waals surface area contributed by atoms with Crippen molar-refractivity contribution in [2.45, 2.75) is 26.2 Å². The minimum atomic E-state index is -0.439. The first kappa shape index (κ1) is 18.2. The number of hydrogen-bond donors (Lipinski definition) is 0. The molecule has 2 heterocycles. The topological polar surface area (TPSA) is 59.0 Å². The van der Waals surface area contributed by atoms with Gasteiger partial charge in [0.25, 0.3) is 5.91 Å². The highest BCUT2D eigenvalue weighted by Gasteiger charge is 2.23. The number of rotatable bonds is 3. The third kappa shape index (κ3) is 4.02. The molecule has 0 radical (unpaired) electrons. The van der Waals surface area contributed by atoms with Crippen molar-refractivity contribution in [3.8, 4) is 12.3 Å². The van der Waals surface area contributed by atoms with E-state index >= 15 is 0 Å². The third-order valence-electron chi connectivity index (χ3n) is 3.33. The van der Waals surface area contributed by atoms with Crippen molar-refractivity contribution < 1.29 is 4.79 Å². The molecule has 0 aliphatic heterocycles. The SMILES string of the molecule is C#CCN(C(=O)c1cc(Cl)nnc1Cl)c1ccc(C(C)(C)C)cn1. The van der Waals surface area contributed by atoms with Crippen LogP contribution in [0.3, 0.4) is 0 Å². The van der Waals surface area contributed by atoms with Crippen LogP contribution < -0.4 is 4.90 Å². The zero-order chi connectivity index (χ0) is 17.9. The Kier molecular flexibility index (Phi) is 5.43. The highest BCUT2D eigenvalue weighted by molar-refractivity contribution is 6.34. The number of nitrogens with zero attached hydrogens (tertiary/aromatic N) is 4. The van der Waals surface area contributed by atoms with E-state index in [2.05, 4.69) is 41.9 Å². The second kappa shape index (κ2) is 7.16. The minimum absolute atomic E-state index is 0.0387. The maximum Gasteiger partial charge on any atom is 0.263 e. The lowest BCUT2D eigenvalue weighted by Crippen LogP contribution is -2.32. The van der Waals surface area contributed by atoms with Crippen LogP contribution in [0, 0.1) is 12.3 Å². The number of anilines is 1. The Bertz CT molecular complexity index is 792. The van der Waals surface area contributed by atoms with Crippen LogP contribution in [0.25, 0.3) is 0 Å². The van der Waals surface area contributed by atoms with Crippen LogP contribution in [0.5, 0.6) is 0 Å². The summed E-state index contributed by atoms with van der Waals surface area (Å²) in [6.07, 6.45) is 7.12. The summed E-state index contributed by atoms with van der Waals surface area (Å²) in [6, 6.07) is 5.02. The molecule has 0 unspecified atom stereocenters. The molecule has 0 atom stereocenters. The van der Waals surface area contributed by atoms with Crippen LogP contribution in [0.2, 0.25) is 10.3 Å². The molecule has 5 nitrogen and oxygen atoms in total. The molecule has 0 saturated carbocycles. The summed E-state index contributed by atoms with van der Waals surface area (Å²) in [7, 11) is 0. The molecule has 0 aliphatic rings. The van der Waals surface area contributed by atoms with Crippen LogP contribution in [0.15, 0.2) is 24.4 Å². The Balaban J connectivity index is 2.41. The van der Waals surface area contributed by atoms with E-state index in [4.69, 9.17) is 29.6 Å². The van der Waals surface area contributed by atoms with Gasteiger partial charge in [0.05, 0.1) is 12.1 Å². The Morgan fingerprint density at radius 3 is 2.54 bits per heavy atom. The number of aromatic nitrogens is 3. The molecule has 24 heavy (non-hydrogen) atoms. The molecule has 2 aromatic rings. The number of amides is 1. The van der Waals surface area contributed by atoms with Crippen molar-refractivity contribution in [3.05, 3.63) is 45.8 Å². The summed E-state index contributed by atoms with van der Waals surface area (Å²) in [4.78, 5) is 18.5. The molecule has 0 fully saturated rings. The number of halogens is 2. The Morgan fingerprint density at radius 1 is 1.29 bits per heavy atom. The zero-order valence-corrected chi connectivity index (χ0v) is 15.1. The average Bonchev–Trinajstić information content (AvgIpc) is 2.53. The maximum absolute atomic E-state index is 12.8. The second-order valence-corrected chi connectivity index (χ2v) is 6.87. The lowest BCUT2D eigenvalue weighted by molar-refractivity contribution is 0.0989. The van der Waals surface area contributed by atoms with Crippen LogP contribution in [-0.2, 0) is 5.41 Å². The summed E-state index contributed by atoms with van der Waals surface area (Å²) in [5.41, 5.74) is 1.12. The molecule has 0 aliphatic carbocycles. The molecule has 2 rings (SSSR count). The van der Waals surface area contributed by atoms with Crippen LogP contribution in [0.1, 0.15) is 36.7 Å². The molecule has 0 saturated heterocycles. The van der Waals surface area contributed by atoms with Crippen LogP contribution in [-0.4, -0.2) is 27.6 Å². The fourth-order valence-corrected chi connectivity index (χ4v) is 2.31. The summed E-state index contributed by atoms with van der Waals surface area (Å²) >= 11 is 11.8. The number of pyridine rings is 1. The van der Waals surface area contributed by atoms with E-state index in [-0.39, 0.29) is 27.8 Å². The van der Waals surface area contributed by atoms with Gasteiger partial charge in [-0.15, -0.1) is 16.6 Å². The Morgan fingerprint density at radius 2 is 2.00 bits per heavy atom. The molecule has 7 heteroatoms. The molecule has 1 amide bonds. The first-order valence-corrected chi connectivity index (χ1v) is 7.90. The van der Waals surface area contributed by atoms with Crippen molar-refractivity contribution in [3.63, 3.8) is 0 Å². The first-order chi connectivity index (χ1) is 11.2. The van der Waals surface area contributed by atoms with E-state index in [0.717, 1.165) is 5.56 Å². The third-order valence-corrected chi connectivity index (χ3v) is 3.80. The predicted molar refractivity (Wildman–Crippen MR) is 95.5 cm³/mol. The van der Waals surface area contributed by atoms with Gasteiger partial charge in [0.1, 0.15) is 5.82 Å². The number of terminal acetylenes is 1. The quantitative estimate of drug-likeness (QED) is 0.780. The molecule has 2 aromatic heterocycles. The van der Waals surface area contributed by atoms with Gasteiger partial charge >= 0.3 is 0 Å². The summed E-state index contributed by atoms with van der Waals surface area (Å²) in [6.45, 7) is 6.28. The largest absolute Gasteiger partial charge is 0.281 e. The van der Waals surface area contributed by atoms with Crippen molar-refractivity contribution in [2.75, 3.05) is 11.4 Å². The van der Waals surface area contributed by atoms with Crippen LogP contribution >= 0.6 is 23.2 Å².